The third-order valence-electron chi connectivity index (χ3n) is 5.11. The van der Waals surface area contributed by atoms with Crippen LogP contribution in [-0.2, 0) is 23.0 Å². The van der Waals surface area contributed by atoms with E-state index in [1.807, 2.05) is 4.90 Å². The molecule has 4 rings (SSSR count). The van der Waals surface area contributed by atoms with E-state index in [9.17, 15) is 4.79 Å². The van der Waals surface area contributed by atoms with E-state index in [1.165, 1.54) is 11.1 Å². The van der Waals surface area contributed by atoms with Crippen molar-refractivity contribution in [2.24, 2.45) is 7.05 Å². The lowest BCUT2D eigenvalue weighted by atomic mass is 9.99. The zero-order valence-corrected chi connectivity index (χ0v) is 15.3. The Bertz CT molecular complexity index is 805. The fourth-order valence-electron chi connectivity index (χ4n) is 3.77. The van der Waals surface area contributed by atoms with Crippen molar-refractivity contribution in [3.8, 4) is 0 Å². The smallest absolute Gasteiger partial charge is 0.241 e. The van der Waals surface area contributed by atoms with E-state index in [-0.39, 0.29) is 12.0 Å². The number of nitrogens with zero attached hydrogens (tertiary/aromatic N) is 6. The van der Waals surface area contributed by atoms with E-state index < -0.39 is 0 Å². The average Bonchev–Trinajstić information content (AvgIpc) is 3.07. The summed E-state index contributed by atoms with van der Waals surface area (Å²) in [5.74, 6) is 0.840. The number of amides is 1. The molecule has 2 aliphatic rings. The van der Waals surface area contributed by atoms with E-state index >= 15 is 0 Å². The van der Waals surface area contributed by atoms with Gasteiger partial charge in [-0.2, -0.15) is 0 Å². The summed E-state index contributed by atoms with van der Waals surface area (Å²) in [7, 11) is 1.80. The van der Waals surface area contributed by atoms with Gasteiger partial charge in [0, 0.05) is 32.4 Å². The number of ether oxygens (including phenoxy) is 1. The highest BCUT2D eigenvalue weighted by molar-refractivity contribution is 5.96. The summed E-state index contributed by atoms with van der Waals surface area (Å²) < 4.78 is 7.42. The minimum absolute atomic E-state index is 0.145. The number of hydrogen-bond acceptors (Lipinski definition) is 6. The van der Waals surface area contributed by atoms with Crippen LogP contribution in [0, 0.1) is 6.92 Å². The summed E-state index contributed by atoms with van der Waals surface area (Å²) in [6.45, 7) is 5.20. The van der Waals surface area contributed by atoms with Gasteiger partial charge in [-0.25, -0.2) is 4.68 Å². The molecular weight excluding hydrogens is 332 g/mol. The minimum atomic E-state index is -0.201. The maximum Gasteiger partial charge on any atom is 0.241 e. The normalized spacial score (nSPS) is 20.8. The summed E-state index contributed by atoms with van der Waals surface area (Å²) >= 11 is 0. The molecule has 8 heteroatoms. The van der Waals surface area contributed by atoms with Gasteiger partial charge < -0.3 is 9.64 Å². The summed E-state index contributed by atoms with van der Waals surface area (Å²) in [5, 5.41) is 11.6. The Kier molecular flexibility index (Phi) is 4.69. The Morgan fingerprint density at radius 2 is 2.23 bits per heavy atom. The molecule has 1 aromatic carbocycles. The fourth-order valence-corrected chi connectivity index (χ4v) is 3.77. The number of hydrogen-bond donors (Lipinski definition) is 0. The molecule has 1 atom stereocenters. The molecule has 2 aliphatic heterocycles. The SMILES string of the molecule is Cc1ccc2c(c1)CCCN2C(=O)CN1CCOC(c2nnnn2C)C1. The van der Waals surface area contributed by atoms with E-state index in [4.69, 9.17) is 4.74 Å². The number of fused-ring (bicyclic) bond motifs is 1. The standard InChI is InChI=1S/C18H24N6O2/c1-13-5-6-15-14(10-13)4-3-7-24(15)17(25)12-23-8-9-26-16(11-23)18-19-20-21-22(18)2/h5-6,10,16H,3-4,7-9,11-12H2,1-2H3. The first-order valence-corrected chi connectivity index (χ1v) is 9.08. The maximum absolute atomic E-state index is 13.0. The number of aromatic nitrogens is 4. The zero-order chi connectivity index (χ0) is 18.1. The predicted octanol–water partition coefficient (Wildman–Crippen LogP) is 0.871. The number of rotatable bonds is 3. The van der Waals surface area contributed by atoms with Crippen LogP contribution in [-0.4, -0.2) is 63.8 Å². The summed E-state index contributed by atoms with van der Waals surface area (Å²) in [5.41, 5.74) is 3.58. The van der Waals surface area contributed by atoms with Crippen LogP contribution in [0.3, 0.4) is 0 Å². The van der Waals surface area contributed by atoms with Crippen LogP contribution < -0.4 is 4.90 Å². The van der Waals surface area contributed by atoms with Gasteiger partial charge in [0.25, 0.3) is 0 Å². The van der Waals surface area contributed by atoms with Crippen LogP contribution in [0.4, 0.5) is 5.69 Å². The van der Waals surface area contributed by atoms with Crippen LogP contribution in [0.1, 0.15) is 29.5 Å². The molecule has 0 bridgehead atoms. The highest BCUT2D eigenvalue weighted by Crippen LogP contribution is 2.28. The average molecular weight is 356 g/mol. The lowest BCUT2D eigenvalue weighted by Gasteiger charge is -2.35. The van der Waals surface area contributed by atoms with Gasteiger partial charge in [-0.05, 0) is 41.8 Å². The number of carbonyl (C=O) groups is 1. The Morgan fingerprint density at radius 1 is 1.35 bits per heavy atom. The molecule has 2 aromatic rings. The number of carbonyl (C=O) groups excluding carboxylic acids is 1. The Hall–Kier alpha value is -2.32. The zero-order valence-electron chi connectivity index (χ0n) is 15.3. The van der Waals surface area contributed by atoms with Gasteiger partial charge in [0.2, 0.25) is 5.91 Å². The first-order chi connectivity index (χ1) is 12.6. The summed E-state index contributed by atoms with van der Waals surface area (Å²) in [6.07, 6.45) is 1.85. The second-order valence-corrected chi connectivity index (χ2v) is 7.04. The Morgan fingerprint density at radius 3 is 3.04 bits per heavy atom. The highest BCUT2D eigenvalue weighted by Gasteiger charge is 2.29. The van der Waals surface area contributed by atoms with Gasteiger partial charge in [0.05, 0.1) is 13.2 Å². The number of aryl methyl sites for hydroxylation is 3. The molecule has 1 saturated heterocycles. The van der Waals surface area contributed by atoms with Crippen molar-refractivity contribution in [2.75, 3.05) is 37.7 Å². The van der Waals surface area contributed by atoms with Gasteiger partial charge in [-0.1, -0.05) is 17.7 Å². The van der Waals surface area contributed by atoms with Crippen LogP contribution in [0.15, 0.2) is 18.2 Å². The van der Waals surface area contributed by atoms with Gasteiger partial charge >= 0.3 is 0 Å². The van der Waals surface area contributed by atoms with Crippen LogP contribution in [0.5, 0.6) is 0 Å². The largest absolute Gasteiger partial charge is 0.367 e. The molecule has 3 heterocycles. The molecule has 0 radical (unpaired) electrons. The molecule has 1 unspecified atom stereocenters. The molecule has 0 spiro atoms. The quantitative estimate of drug-likeness (QED) is 0.812. The molecule has 1 aromatic heterocycles. The topological polar surface area (TPSA) is 76.4 Å². The molecule has 0 aliphatic carbocycles. The lowest BCUT2D eigenvalue weighted by molar-refractivity contribution is -0.122. The summed E-state index contributed by atoms with van der Waals surface area (Å²) in [4.78, 5) is 17.0. The summed E-state index contributed by atoms with van der Waals surface area (Å²) in [6, 6.07) is 6.35. The van der Waals surface area contributed by atoms with Crippen molar-refractivity contribution in [1.82, 2.24) is 25.1 Å². The van der Waals surface area contributed by atoms with Gasteiger partial charge in [0.1, 0.15) is 6.10 Å². The highest BCUT2D eigenvalue weighted by atomic mass is 16.5. The van der Waals surface area contributed by atoms with E-state index in [0.717, 1.165) is 31.6 Å². The van der Waals surface area contributed by atoms with E-state index in [2.05, 4.69) is 45.5 Å². The third kappa shape index (κ3) is 3.34. The van der Waals surface area contributed by atoms with E-state index in [1.54, 1.807) is 11.7 Å². The van der Waals surface area contributed by atoms with Gasteiger partial charge in [0.15, 0.2) is 5.82 Å². The molecule has 1 amide bonds. The number of benzene rings is 1. The van der Waals surface area contributed by atoms with E-state index in [0.29, 0.717) is 25.5 Å². The lowest BCUT2D eigenvalue weighted by Crippen LogP contribution is -2.47. The molecule has 1 fully saturated rings. The monoisotopic (exact) mass is 356 g/mol. The van der Waals surface area contributed by atoms with Crippen molar-refractivity contribution in [1.29, 1.82) is 0 Å². The van der Waals surface area contributed by atoms with Crippen molar-refractivity contribution in [2.45, 2.75) is 25.9 Å². The van der Waals surface area contributed by atoms with Crippen molar-refractivity contribution in [3.63, 3.8) is 0 Å². The Balaban J connectivity index is 1.45. The fraction of sp³-hybridized carbons (Fsp3) is 0.556. The molecule has 0 N–H and O–H groups in total. The van der Waals surface area contributed by atoms with Gasteiger partial charge in [-0.3, -0.25) is 9.69 Å². The van der Waals surface area contributed by atoms with Crippen molar-refractivity contribution < 1.29 is 9.53 Å². The number of anilines is 1. The number of morpholine rings is 1. The predicted molar refractivity (Wildman–Crippen MR) is 95.8 cm³/mol. The molecule has 8 nitrogen and oxygen atoms in total. The van der Waals surface area contributed by atoms with Crippen LogP contribution in [0.2, 0.25) is 0 Å². The minimum Gasteiger partial charge on any atom is -0.367 e. The molecule has 138 valence electrons. The molecule has 26 heavy (non-hydrogen) atoms. The molecule has 0 saturated carbocycles. The van der Waals surface area contributed by atoms with Crippen LogP contribution >= 0.6 is 0 Å². The first-order valence-electron chi connectivity index (χ1n) is 9.08. The van der Waals surface area contributed by atoms with Gasteiger partial charge in [-0.15, -0.1) is 5.10 Å². The van der Waals surface area contributed by atoms with Crippen molar-refractivity contribution >= 4 is 11.6 Å². The van der Waals surface area contributed by atoms with Crippen molar-refractivity contribution in [3.05, 3.63) is 35.2 Å². The molecular formula is C18H24N6O2. The second kappa shape index (κ2) is 7.13. The third-order valence-corrected chi connectivity index (χ3v) is 5.11. The number of tetrazole rings is 1. The maximum atomic E-state index is 13.0. The second-order valence-electron chi connectivity index (χ2n) is 7.04. The first kappa shape index (κ1) is 17.1. The van der Waals surface area contributed by atoms with Crippen LogP contribution in [0.25, 0.3) is 0 Å². The Labute approximate surface area is 152 Å².